The van der Waals surface area contributed by atoms with Crippen LogP contribution in [0.3, 0.4) is 0 Å². The van der Waals surface area contributed by atoms with Gasteiger partial charge in [0.2, 0.25) is 0 Å². The Hall–Kier alpha value is -2.86. The molecule has 4 aromatic rings. The van der Waals surface area contributed by atoms with Gasteiger partial charge in [0.25, 0.3) is 0 Å². The largest absolute Gasteiger partial charge is 0.340 e. The molecule has 0 radical (unpaired) electrons. The summed E-state index contributed by atoms with van der Waals surface area (Å²) in [6, 6.07) is 18.4. The number of hydrogen-bond donors (Lipinski definition) is 1. The highest BCUT2D eigenvalue weighted by atomic mass is 32.2. The van der Waals surface area contributed by atoms with E-state index in [-0.39, 0.29) is 0 Å². The third-order valence-electron chi connectivity index (χ3n) is 3.87. The van der Waals surface area contributed by atoms with E-state index in [1.807, 2.05) is 42.2 Å². The predicted molar refractivity (Wildman–Crippen MR) is 102 cm³/mol. The molecule has 2 aromatic heterocycles. The van der Waals surface area contributed by atoms with Crippen LogP contribution < -0.4 is 5.32 Å². The van der Waals surface area contributed by atoms with Crippen molar-refractivity contribution in [3.63, 3.8) is 0 Å². The molecule has 6 heteroatoms. The average molecular weight is 347 g/mol. The van der Waals surface area contributed by atoms with Crippen LogP contribution in [0.2, 0.25) is 0 Å². The molecule has 0 aliphatic carbocycles. The lowest BCUT2D eigenvalue weighted by Gasteiger charge is -2.07. The van der Waals surface area contributed by atoms with Gasteiger partial charge < -0.3 is 9.88 Å². The van der Waals surface area contributed by atoms with E-state index < -0.39 is 0 Å². The molecule has 0 unspecified atom stereocenters. The van der Waals surface area contributed by atoms with Crippen LogP contribution in [0.15, 0.2) is 72.3 Å². The van der Waals surface area contributed by atoms with Gasteiger partial charge in [-0.2, -0.15) is 0 Å². The van der Waals surface area contributed by atoms with Gasteiger partial charge >= 0.3 is 0 Å². The molecule has 0 bridgehead atoms. The third kappa shape index (κ3) is 3.64. The quantitative estimate of drug-likeness (QED) is 0.428. The molecule has 0 spiro atoms. The molecule has 0 aliphatic rings. The maximum Gasteiger partial charge on any atom is 0.134 e. The molecule has 1 N–H and O–H groups in total. The Morgan fingerprint density at radius 1 is 1.00 bits per heavy atom. The van der Waals surface area contributed by atoms with Crippen LogP contribution in [0.5, 0.6) is 0 Å². The van der Waals surface area contributed by atoms with Crippen LogP contribution >= 0.6 is 11.8 Å². The van der Waals surface area contributed by atoms with Gasteiger partial charge in [0.05, 0.1) is 17.4 Å². The molecule has 25 heavy (non-hydrogen) atoms. The number of nitrogens with zero attached hydrogens (tertiary/aromatic N) is 4. The lowest BCUT2D eigenvalue weighted by molar-refractivity contribution is 0.948. The molecule has 2 aromatic carbocycles. The summed E-state index contributed by atoms with van der Waals surface area (Å²) in [6.45, 7) is 0. The van der Waals surface area contributed by atoms with Crippen LogP contribution in [-0.2, 0) is 12.8 Å². The molecular weight excluding hydrogens is 330 g/mol. The molecule has 5 nitrogen and oxygen atoms in total. The van der Waals surface area contributed by atoms with Gasteiger partial charge in [-0.3, -0.25) is 0 Å². The number of fused-ring (bicyclic) bond motifs is 1. The van der Waals surface area contributed by atoms with Gasteiger partial charge in [0.1, 0.15) is 17.2 Å². The first-order valence-electron chi connectivity index (χ1n) is 7.95. The highest BCUT2D eigenvalue weighted by molar-refractivity contribution is 7.98. The number of imidazole rings is 1. The second kappa shape index (κ2) is 6.94. The smallest absolute Gasteiger partial charge is 0.134 e. The summed E-state index contributed by atoms with van der Waals surface area (Å²) in [5, 5.41) is 4.27. The van der Waals surface area contributed by atoms with Crippen molar-refractivity contribution < 1.29 is 0 Å². The Labute approximate surface area is 150 Å². The SMILES string of the molecule is Cn1cnc2cc(Nc3cc(SCc4ccccc4)ncn3)ccc21. The van der Waals surface area contributed by atoms with Gasteiger partial charge in [-0.25, -0.2) is 15.0 Å². The maximum atomic E-state index is 4.39. The van der Waals surface area contributed by atoms with Gasteiger partial charge in [0, 0.05) is 24.6 Å². The molecule has 0 atom stereocenters. The van der Waals surface area contributed by atoms with Crippen LogP contribution in [-0.4, -0.2) is 19.5 Å². The third-order valence-corrected chi connectivity index (χ3v) is 4.87. The molecular formula is C19H17N5S. The lowest BCUT2D eigenvalue weighted by atomic mass is 10.2. The van der Waals surface area contributed by atoms with Gasteiger partial charge in [-0.1, -0.05) is 30.3 Å². The van der Waals surface area contributed by atoms with Crippen LogP contribution in [0.1, 0.15) is 5.56 Å². The van der Waals surface area contributed by atoms with Crippen molar-refractivity contribution in [1.82, 2.24) is 19.5 Å². The highest BCUT2D eigenvalue weighted by Crippen LogP contribution is 2.24. The van der Waals surface area contributed by atoms with E-state index in [9.17, 15) is 0 Å². The fourth-order valence-electron chi connectivity index (χ4n) is 2.58. The molecule has 0 aliphatic heterocycles. The molecule has 0 saturated heterocycles. The topological polar surface area (TPSA) is 55.6 Å². The minimum atomic E-state index is 0.779. The second-order valence-corrected chi connectivity index (χ2v) is 6.70. The lowest BCUT2D eigenvalue weighted by Crippen LogP contribution is -1.95. The van der Waals surface area contributed by atoms with Crippen LogP contribution in [0.4, 0.5) is 11.5 Å². The van der Waals surface area contributed by atoms with E-state index in [0.717, 1.165) is 33.3 Å². The zero-order chi connectivity index (χ0) is 17.1. The zero-order valence-corrected chi connectivity index (χ0v) is 14.6. The summed E-state index contributed by atoms with van der Waals surface area (Å²) in [5.74, 6) is 1.66. The summed E-state index contributed by atoms with van der Waals surface area (Å²) >= 11 is 1.70. The van der Waals surface area contributed by atoms with E-state index >= 15 is 0 Å². The number of thioether (sulfide) groups is 1. The molecule has 4 rings (SSSR count). The van der Waals surface area contributed by atoms with E-state index in [4.69, 9.17) is 0 Å². The molecule has 2 heterocycles. The summed E-state index contributed by atoms with van der Waals surface area (Å²) in [5.41, 5.74) is 4.30. The fraction of sp³-hybridized carbons (Fsp3) is 0.105. The Bertz CT molecular complexity index is 997. The van der Waals surface area contributed by atoms with Crippen molar-refractivity contribution >= 4 is 34.3 Å². The summed E-state index contributed by atoms with van der Waals surface area (Å²) in [6.07, 6.45) is 3.41. The number of anilines is 2. The molecule has 0 saturated carbocycles. The average Bonchev–Trinajstić information content (AvgIpc) is 3.02. The van der Waals surface area contributed by atoms with Crippen molar-refractivity contribution in [3.05, 3.63) is 72.8 Å². The number of nitrogens with one attached hydrogen (secondary N) is 1. The van der Waals surface area contributed by atoms with Gasteiger partial charge in [-0.15, -0.1) is 11.8 Å². The molecule has 0 amide bonds. The number of rotatable bonds is 5. The van der Waals surface area contributed by atoms with E-state index in [0.29, 0.717) is 0 Å². The van der Waals surface area contributed by atoms with Crippen LogP contribution in [0.25, 0.3) is 11.0 Å². The van der Waals surface area contributed by atoms with E-state index in [1.165, 1.54) is 5.56 Å². The fourth-order valence-corrected chi connectivity index (χ4v) is 3.40. The maximum absolute atomic E-state index is 4.39. The Morgan fingerprint density at radius 2 is 1.88 bits per heavy atom. The number of benzene rings is 2. The minimum absolute atomic E-state index is 0.779. The predicted octanol–water partition coefficient (Wildman–Crippen LogP) is 4.40. The van der Waals surface area contributed by atoms with E-state index in [2.05, 4.69) is 50.6 Å². The van der Waals surface area contributed by atoms with Crippen molar-refractivity contribution in [1.29, 1.82) is 0 Å². The zero-order valence-electron chi connectivity index (χ0n) is 13.8. The summed E-state index contributed by atoms with van der Waals surface area (Å²) in [7, 11) is 1.99. The van der Waals surface area contributed by atoms with Crippen molar-refractivity contribution in [3.8, 4) is 0 Å². The number of aromatic nitrogens is 4. The highest BCUT2D eigenvalue weighted by Gasteiger charge is 2.04. The Balaban J connectivity index is 1.48. The first-order valence-corrected chi connectivity index (χ1v) is 8.93. The first-order chi connectivity index (χ1) is 12.3. The standard InChI is InChI=1S/C19H17N5S/c1-24-13-22-16-9-15(7-8-17(16)24)23-18-10-19(21-12-20-18)25-11-14-5-3-2-4-6-14/h2-10,12-13H,11H2,1H3,(H,20,21,23). The number of aryl methyl sites for hydroxylation is 1. The number of hydrogen-bond acceptors (Lipinski definition) is 5. The van der Waals surface area contributed by atoms with Gasteiger partial charge in [0.15, 0.2) is 0 Å². The second-order valence-electron chi connectivity index (χ2n) is 5.70. The summed E-state index contributed by atoms with van der Waals surface area (Å²) in [4.78, 5) is 13.0. The van der Waals surface area contributed by atoms with Crippen molar-refractivity contribution in [2.75, 3.05) is 5.32 Å². The van der Waals surface area contributed by atoms with Crippen molar-refractivity contribution in [2.45, 2.75) is 10.8 Å². The Morgan fingerprint density at radius 3 is 2.76 bits per heavy atom. The molecule has 0 fully saturated rings. The van der Waals surface area contributed by atoms with Gasteiger partial charge in [-0.05, 0) is 23.8 Å². The van der Waals surface area contributed by atoms with Crippen LogP contribution in [0, 0.1) is 0 Å². The van der Waals surface area contributed by atoms with E-state index in [1.54, 1.807) is 18.1 Å². The first kappa shape index (κ1) is 15.7. The Kier molecular flexibility index (Phi) is 4.35. The monoisotopic (exact) mass is 347 g/mol. The molecule has 124 valence electrons. The normalized spacial score (nSPS) is 10.9. The minimum Gasteiger partial charge on any atom is -0.340 e. The summed E-state index contributed by atoms with van der Waals surface area (Å²) < 4.78 is 2.00. The van der Waals surface area contributed by atoms with Crippen molar-refractivity contribution in [2.24, 2.45) is 7.05 Å².